The van der Waals surface area contributed by atoms with Crippen LogP contribution in [0.1, 0.15) is 0 Å². The minimum Gasteiger partial charge on any atom is -0.166 e. The van der Waals surface area contributed by atoms with E-state index in [-0.39, 0.29) is 0 Å². The van der Waals surface area contributed by atoms with Crippen LogP contribution in [-0.4, -0.2) is 6.18 Å². The Labute approximate surface area is 45.3 Å². The summed E-state index contributed by atoms with van der Waals surface area (Å²) >= 11 is 0. The van der Waals surface area contributed by atoms with Gasteiger partial charge in [-0.2, -0.15) is 13.2 Å². The monoisotopic (exact) mass is 121 g/mol. The average Bonchev–Trinajstić information content (AvgIpc) is 1.62. The fraction of sp³-hybridized carbons (Fsp3) is 0.200. The van der Waals surface area contributed by atoms with E-state index in [1.165, 1.54) is 0 Å². The molecule has 0 bridgehead atoms. The predicted molar refractivity (Wildman–Crippen MR) is 24.1 cm³/mol. The van der Waals surface area contributed by atoms with Gasteiger partial charge in [0.15, 0.2) is 0 Å². The Morgan fingerprint density at radius 1 is 1.50 bits per heavy atom. The normalized spacial score (nSPS) is 10.9. The number of rotatable bonds is 1. The Bertz CT molecular complexity index is 109. The zero-order chi connectivity index (χ0) is 6.78. The molecule has 8 heavy (non-hydrogen) atoms. The van der Waals surface area contributed by atoms with Crippen LogP contribution in [0.4, 0.5) is 13.2 Å². The van der Waals surface area contributed by atoms with Crippen molar-refractivity contribution in [3.63, 3.8) is 0 Å². The van der Waals surface area contributed by atoms with Crippen molar-refractivity contribution < 1.29 is 13.2 Å². The van der Waals surface area contributed by atoms with Crippen LogP contribution in [-0.2, 0) is 0 Å². The number of hydrogen-bond acceptors (Lipinski definition) is 0. The van der Waals surface area contributed by atoms with Crippen molar-refractivity contribution in [2.24, 2.45) is 0 Å². The van der Waals surface area contributed by atoms with Gasteiger partial charge >= 0.3 is 6.18 Å². The summed E-state index contributed by atoms with van der Waals surface area (Å²) in [5, 5.41) is 0. The second-order valence-corrected chi connectivity index (χ2v) is 1.16. The van der Waals surface area contributed by atoms with Crippen LogP contribution >= 0.6 is 0 Å². The molecule has 0 unspecified atom stereocenters. The van der Waals surface area contributed by atoms with Gasteiger partial charge in [-0.15, -0.1) is 0 Å². The third-order valence-corrected chi connectivity index (χ3v) is 0.547. The SMILES string of the molecule is [CH]=C(C=C)C(F)(F)F. The number of halogens is 3. The quantitative estimate of drug-likeness (QED) is 0.466. The van der Waals surface area contributed by atoms with Crippen molar-refractivity contribution in [3.05, 3.63) is 24.8 Å². The van der Waals surface area contributed by atoms with Crippen molar-refractivity contribution in [1.29, 1.82) is 0 Å². The highest BCUT2D eigenvalue weighted by Crippen LogP contribution is 2.23. The Hall–Kier alpha value is -0.730. The van der Waals surface area contributed by atoms with Gasteiger partial charge < -0.3 is 0 Å². The first-order valence-corrected chi connectivity index (χ1v) is 1.80. The van der Waals surface area contributed by atoms with Gasteiger partial charge in [-0.1, -0.05) is 12.7 Å². The third-order valence-electron chi connectivity index (χ3n) is 0.547. The number of alkyl halides is 3. The molecule has 0 rings (SSSR count). The minimum absolute atomic E-state index is 0.569. The van der Waals surface area contributed by atoms with E-state index in [4.69, 9.17) is 0 Å². The van der Waals surface area contributed by atoms with Crippen molar-refractivity contribution in [2.45, 2.75) is 6.18 Å². The second kappa shape index (κ2) is 2.03. The highest BCUT2D eigenvalue weighted by atomic mass is 19.4. The van der Waals surface area contributed by atoms with Gasteiger partial charge in [0.05, 0.1) is 5.57 Å². The molecule has 0 atom stereocenters. The molecule has 0 fully saturated rings. The molecule has 0 aromatic carbocycles. The molecule has 0 N–H and O–H groups in total. The highest BCUT2D eigenvalue weighted by molar-refractivity contribution is 5.14. The van der Waals surface area contributed by atoms with Gasteiger partial charge in [0.2, 0.25) is 0 Å². The first-order chi connectivity index (χ1) is 3.48. The maximum Gasteiger partial charge on any atom is 0.416 e. The summed E-state index contributed by atoms with van der Waals surface area (Å²) in [6.45, 7) is 7.27. The molecule has 0 aliphatic rings. The molecule has 0 saturated heterocycles. The molecular formula is C5H4F3. The molecule has 45 valence electrons. The van der Waals surface area contributed by atoms with Crippen LogP contribution in [0.5, 0.6) is 0 Å². The Kier molecular flexibility index (Phi) is 1.84. The lowest BCUT2D eigenvalue weighted by Crippen LogP contribution is -2.07. The third kappa shape index (κ3) is 1.82. The Morgan fingerprint density at radius 3 is 1.88 bits per heavy atom. The lowest BCUT2D eigenvalue weighted by atomic mass is 10.3. The van der Waals surface area contributed by atoms with Gasteiger partial charge in [0.25, 0.3) is 0 Å². The van der Waals surface area contributed by atoms with Crippen LogP contribution in [0.25, 0.3) is 0 Å². The minimum atomic E-state index is -4.41. The van der Waals surface area contributed by atoms with Crippen LogP contribution < -0.4 is 0 Å². The summed E-state index contributed by atoms with van der Waals surface area (Å²) in [6, 6.07) is 0. The van der Waals surface area contributed by atoms with Crippen LogP contribution in [0.2, 0.25) is 0 Å². The fourth-order valence-corrected chi connectivity index (χ4v) is 0.116. The maximum absolute atomic E-state index is 11.2. The van der Waals surface area contributed by atoms with Crippen molar-refractivity contribution in [2.75, 3.05) is 0 Å². The van der Waals surface area contributed by atoms with Gasteiger partial charge in [0, 0.05) is 0 Å². The van der Waals surface area contributed by atoms with E-state index in [9.17, 15) is 13.2 Å². The molecule has 1 radical (unpaired) electrons. The molecule has 0 nitrogen and oxygen atoms in total. The van der Waals surface area contributed by atoms with E-state index >= 15 is 0 Å². The van der Waals surface area contributed by atoms with Crippen molar-refractivity contribution in [3.8, 4) is 0 Å². The second-order valence-electron chi connectivity index (χ2n) is 1.16. The summed E-state index contributed by atoms with van der Waals surface area (Å²) < 4.78 is 33.6. The smallest absolute Gasteiger partial charge is 0.166 e. The molecule has 0 amide bonds. The molecule has 0 saturated carbocycles. The lowest BCUT2D eigenvalue weighted by molar-refractivity contribution is -0.0881. The van der Waals surface area contributed by atoms with E-state index in [0.29, 0.717) is 6.08 Å². The molecule has 0 aromatic rings. The summed E-state index contributed by atoms with van der Waals surface area (Å²) in [5.74, 6) is 0. The molecule has 0 aliphatic carbocycles. The zero-order valence-electron chi connectivity index (χ0n) is 4.00. The van der Waals surface area contributed by atoms with E-state index < -0.39 is 11.7 Å². The molecule has 0 aromatic heterocycles. The van der Waals surface area contributed by atoms with Crippen molar-refractivity contribution >= 4 is 0 Å². The molecule has 3 heteroatoms. The predicted octanol–water partition coefficient (Wildman–Crippen LogP) is 2.09. The Balaban J connectivity index is 4.02. The van der Waals surface area contributed by atoms with Crippen LogP contribution in [0, 0.1) is 6.58 Å². The van der Waals surface area contributed by atoms with E-state index in [1.807, 2.05) is 0 Å². The van der Waals surface area contributed by atoms with E-state index in [2.05, 4.69) is 13.2 Å². The van der Waals surface area contributed by atoms with Crippen molar-refractivity contribution in [1.82, 2.24) is 0 Å². The summed E-state index contributed by atoms with van der Waals surface area (Å²) in [5.41, 5.74) is -1.16. The summed E-state index contributed by atoms with van der Waals surface area (Å²) in [4.78, 5) is 0. The summed E-state index contributed by atoms with van der Waals surface area (Å²) in [6.07, 6.45) is -3.85. The average molecular weight is 121 g/mol. The van der Waals surface area contributed by atoms with Gasteiger partial charge in [-0.3, -0.25) is 0 Å². The van der Waals surface area contributed by atoms with E-state index in [1.54, 1.807) is 0 Å². The molecule has 0 spiro atoms. The van der Waals surface area contributed by atoms with E-state index in [0.717, 1.165) is 0 Å². The summed E-state index contributed by atoms with van der Waals surface area (Å²) in [7, 11) is 0. The standard InChI is InChI=1S/C5H4F3/c1-3-4(2)5(6,7)8/h2-3H,1H2. The van der Waals surface area contributed by atoms with Crippen LogP contribution in [0.15, 0.2) is 18.2 Å². The lowest BCUT2D eigenvalue weighted by Gasteiger charge is -2.02. The molecule has 0 heterocycles. The first-order valence-electron chi connectivity index (χ1n) is 1.80. The maximum atomic E-state index is 11.2. The number of hydrogen-bond donors (Lipinski definition) is 0. The van der Waals surface area contributed by atoms with Gasteiger partial charge in [0.1, 0.15) is 0 Å². The molecule has 0 aliphatic heterocycles. The zero-order valence-corrected chi connectivity index (χ0v) is 4.00. The fourth-order valence-electron chi connectivity index (χ4n) is 0.116. The van der Waals surface area contributed by atoms with Gasteiger partial charge in [-0.05, 0) is 6.58 Å². The Morgan fingerprint density at radius 2 is 1.88 bits per heavy atom. The number of allylic oxidation sites excluding steroid dienone is 2. The topological polar surface area (TPSA) is 0 Å². The molecular weight excluding hydrogens is 117 g/mol. The largest absolute Gasteiger partial charge is 0.416 e. The van der Waals surface area contributed by atoms with Crippen LogP contribution in [0.3, 0.4) is 0 Å². The first kappa shape index (κ1) is 7.27. The highest BCUT2D eigenvalue weighted by Gasteiger charge is 2.29. The van der Waals surface area contributed by atoms with Gasteiger partial charge in [-0.25, -0.2) is 0 Å².